The number of aryl methyl sites for hydroxylation is 1. The Bertz CT molecular complexity index is 245. The summed E-state index contributed by atoms with van der Waals surface area (Å²) >= 11 is 0. The Morgan fingerprint density at radius 1 is 1.54 bits per heavy atom. The minimum Gasteiger partial charge on any atom is -0.465 e. The lowest BCUT2D eigenvalue weighted by molar-refractivity contribution is 0.166. The van der Waals surface area contributed by atoms with Crippen molar-refractivity contribution in [2.75, 3.05) is 6.54 Å². The summed E-state index contributed by atoms with van der Waals surface area (Å²) in [5.41, 5.74) is 0. The van der Waals surface area contributed by atoms with Crippen LogP contribution in [-0.2, 0) is 6.54 Å². The SMILES string of the molecule is CCC(O)CNCc1ccc(C)o1. The van der Waals surface area contributed by atoms with Gasteiger partial charge in [0.05, 0.1) is 12.6 Å². The number of aliphatic hydroxyl groups excluding tert-OH is 1. The third-order valence-corrected chi connectivity index (χ3v) is 1.95. The van der Waals surface area contributed by atoms with Crippen LogP contribution in [0.15, 0.2) is 16.5 Å². The Labute approximate surface area is 78.8 Å². The van der Waals surface area contributed by atoms with Gasteiger partial charge in [0, 0.05) is 6.54 Å². The zero-order chi connectivity index (χ0) is 9.68. The normalized spacial score (nSPS) is 13.2. The maximum absolute atomic E-state index is 9.25. The second-order valence-electron chi connectivity index (χ2n) is 3.21. The van der Waals surface area contributed by atoms with Crippen LogP contribution < -0.4 is 5.32 Å². The zero-order valence-corrected chi connectivity index (χ0v) is 8.21. The summed E-state index contributed by atoms with van der Waals surface area (Å²) in [7, 11) is 0. The monoisotopic (exact) mass is 183 g/mol. The zero-order valence-electron chi connectivity index (χ0n) is 8.21. The first-order valence-corrected chi connectivity index (χ1v) is 4.66. The van der Waals surface area contributed by atoms with Gasteiger partial charge in [0.25, 0.3) is 0 Å². The van der Waals surface area contributed by atoms with Crippen molar-refractivity contribution in [3.05, 3.63) is 23.7 Å². The largest absolute Gasteiger partial charge is 0.465 e. The summed E-state index contributed by atoms with van der Waals surface area (Å²) < 4.78 is 5.35. The van der Waals surface area contributed by atoms with Gasteiger partial charge in [-0.2, -0.15) is 0 Å². The van der Waals surface area contributed by atoms with Gasteiger partial charge in [-0.1, -0.05) is 6.92 Å². The second kappa shape index (κ2) is 5.04. The van der Waals surface area contributed by atoms with Gasteiger partial charge in [-0.3, -0.25) is 0 Å². The van der Waals surface area contributed by atoms with E-state index < -0.39 is 0 Å². The molecule has 0 amide bonds. The second-order valence-corrected chi connectivity index (χ2v) is 3.21. The van der Waals surface area contributed by atoms with E-state index in [1.807, 2.05) is 26.0 Å². The first-order valence-electron chi connectivity index (χ1n) is 4.66. The van der Waals surface area contributed by atoms with E-state index in [1.54, 1.807) is 0 Å². The Hall–Kier alpha value is -0.800. The molecule has 0 aliphatic rings. The van der Waals surface area contributed by atoms with Crippen LogP contribution in [0, 0.1) is 6.92 Å². The molecule has 1 aromatic heterocycles. The molecule has 1 rings (SSSR count). The fourth-order valence-electron chi connectivity index (χ4n) is 1.09. The highest BCUT2D eigenvalue weighted by atomic mass is 16.3. The highest BCUT2D eigenvalue weighted by molar-refractivity contribution is 5.05. The van der Waals surface area contributed by atoms with Crippen LogP contribution in [0.25, 0.3) is 0 Å². The highest BCUT2D eigenvalue weighted by Crippen LogP contribution is 2.05. The molecule has 1 atom stereocenters. The third kappa shape index (κ3) is 3.61. The maximum Gasteiger partial charge on any atom is 0.117 e. The minimum absolute atomic E-state index is 0.254. The number of aliphatic hydroxyl groups is 1. The molecule has 0 bridgehead atoms. The lowest BCUT2D eigenvalue weighted by Crippen LogP contribution is -2.25. The van der Waals surface area contributed by atoms with Gasteiger partial charge in [0.2, 0.25) is 0 Å². The number of hydrogen-bond donors (Lipinski definition) is 2. The van der Waals surface area contributed by atoms with Gasteiger partial charge in [-0.25, -0.2) is 0 Å². The molecule has 1 aromatic rings. The molecule has 0 aliphatic carbocycles. The van der Waals surface area contributed by atoms with E-state index in [4.69, 9.17) is 4.42 Å². The van der Waals surface area contributed by atoms with Gasteiger partial charge in [0.1, 0.15) is 11.5 Å². The van der Waals surface area contributed by atoms with Gasteiger partial charge >= 0.3 is 0 Å². The van der Waals surface area contributed by atoms with E-state index in [2.05, 4.69) is 5.32 Å². The number of hydrogen-bond acceptors (Lipinski definition) is 3. The third-order valence-electron chi connectivity index (χ3n) is 1.95. The smallest absolute Gasteiger partial charge is 0.117 e. The number of nitrogens with one attached hydrogen (secondary N) is 1. The minimum atomic E-state index is -0.254. The van der Waals surface area contributed by atoms with Crippen LogP contribution >= 0.6 is 0 Å². The van der Waals surface area contributed by atoms with Gasteiger partial charge in [-0.15, -0.1) is 0 Å². The van der Waals surface area contributed by atoms with E-state index >= 15 is 0 Å². The van der Waals surface area contributed by atoms with Crippen molar-refractivity contribution >= 4 is 0 Å². The Balaban J connectivity index is 2.20. The molecule has 0 radical (unpaired) electrons. The molecule has 13 heavy (non-hydrogen) atoms. The van der Waals surface area contributed by atoms with Crippen LogP contribution in [0.2, 0.25) is 0 Å². The topological polar surface area (TPSA) is 45.4 Å². The molecule has 0 saturated heterocycles. The Morgan fingerprint density at radius 3 is 2.85 bits per heavy atom. The van der Waals surface area contributed by atoms with Crippen molar-refractivity contribution < 1.29 is 9.52 Å². The lowest BCUT2D eigenvalue weighted by atomic mass is 10.3. The summed E-state index contributed by atoms with van der Waals surface area (Å²) in [5.74, 6) is 1.84. The molecule has 0 saturated carbocycles. The van der Waals surface area contributed by atoms with Crippen LogP contribution in [0.1, 0.15) is 24.9 Å². The van der Waals surface area contributed by atoms with Crippen molar-refractivity contribution in [2.24, 2.45) is 0 Å². The van der Waals surface area contributed by atoms with E-state index in [-0.39, 0.29) is 6.10 Å². The van der Waals surface area contributed by atoms with E-state index in [1.165, 1.54) is 0 Å². The predicted molar refractivity (Wildman–Crippen MR) is 51.4 cm³/mol. The van der Waals surface area contributed by atoms with Gasteiger partial charge in [-0.05, 0) is 25.5 Å². The van der Waals surface area contributed by atoms with Crippen LogP contribution in [0.3, 0.4) is 0 Å². The molecule has 0 aliphatic heterocycles. The van der Waals surface area contributed by atoms with E-state index in [9.17, 15) is 5.11 Å². The molecule has 3 nitrogen and oxygen atoms in total. The lowest BCUT2D eigenvalue weighted by Gasteiger charge is -2.07. The summed E-state index contributed by atoms with van der Waals surface area (Å²) in [5, 5.41) is 12.4. The standard InChI is InChI=1S/C10H17NO2/c1-3-9(12)6-11-7-10-5-4-8(2)13-10/h4-5,9,11-12H,3,6-7H2,1-2H3. The molecule has 1 heterocycles. The molecule has 1 unspecified atom stereocenters. The first kappa shape index (κ1) is 10.3. The number of furan rings is 1. The molecule has 0 fully saturated rings. The molecule has 74 valence electrons. The predicted octanol–water partition coefficient (Wildman–Crippen LogP) is 1.45. The average molecular weight is 183 g/mol. The summed E-state index contributed by atoms with van der Waals surface area (Å²) in [6, 6.07) is 3.88. The first-order chi connectivity index (χ1) is 6.22. The van der Waals surface area contributed by atoms with Crippen molar-refractivity contribution in [2.45, 2.75) is 32.9 Å². The molecule has 2 N–H and O–H groups in total. The van der Waals surface area contributed by atoms with Crippen molar-refractivity contribution in [1.82, 2.24) is 5.32 Å². The summed E-state index contributed by atoms with van der Waals surface area (Å²) in [4.78, 5) is 0. The average Bonchev–Trinajstić information content (AvgIpc) is 2.51. The van der Waals surface area contributed by atoms with Crippen molar-refractivity contribution in [3.8, 4) is 0 Å². The summed E-state index contributed by atoms with van der Waals surface area (Å²) in [6.45, 7) is 5.19. The van der Waals surface area contributed by atoms with Crippen molar-refractivity contribution in [1.29, 1.82) is 0 Å². The van der Waals surface area contributed by atoms with Crippen molar-refractivity contribution in [3.63, 3.8) is 0 Å². The molecule has 3 heteroatoms. The fourth-order valence-corrected chi connectivity index (χ4v) is 1.09. The molecular weight excluding hydrogens is 166 g/mol. The summed E-state index contributed by atoms with van der Waals surface area (Å²) in [6.07, 6.45) is 0.528. The Morgan fingerprint density at radius 2 is 2.31 bits per heavy atom. The van der Waals surface area contributed by atoms with E-state index in [0.717, 1.165) is 17.9 Å². The maximum atomic E-state index is 9.25. The number of rotatable bonds is 5. The van der Waals surface area contributed by atoms with E-state index in [0.29, 0.717) is 13.1 Å². The molecular formula is C10H17NO2. The van der Waals surface area contributed by atoms with Crippen LogP contribution in [0.5, 0.6) is 0 Å². The quantitative estimate of drug-likeness (QED) is 0.726. The highest BCUT2D eigenvalue weighted by Gasteiger charge is 2.01. The Kier molecular flexibility index (Phi) is 3.99. The van der Waals surface area contributed by atoms with Crippen LogP contribution in [-0.4, -0.2) is 17.8 Å². The fraction of sp³-hybridized carbons (Fsp3) is 0.600. The van der Waals surface area contributed by atoms with Gasteiger partial charge in [0.15, 0.2) is 0 Å². The van der Waals surface area contributed by atoms with Crippen LogP contribution in [0.4, 0.5) is 0 Å². The molecule has 0 spiro atoms. The molecule has 0 aromatic carbocycles. The van der Waals surface area contributed by atoms with Gasteiger partial charge < -0.3 is 14.8 Å².